The SMILES string of the molecule is Cc1cccc(N)c1Oc1cccnc1C. The quantitative estimate of drug-likeness (QED) is 0.781. The number of benzene rings is 1. The second-order valence-corrected chi connectivity index (χ2v) is 3.68. The van der Waals surface area contributed by atoms with Crippen LogP contribution in [0.4, 0.5) is 5.69 Å². The molecular formula is C13H14N2O. The molecule has 0 amide bonds. The number of hydrogen-bond acceptors (Lipinski definition) is 3. The van der Waals surface area contributed by atoms with Gasteiger partial charge in [0.15, 0.2) is 5.75 Å². The van der Waals surface area contributed by atoms with Crippen LogP contribution in [0.15, 0.2) is 36.5 Å². The fourth-order valence-corrected chi connectivity index (χ4v) is 1.50. The molecular weight excluding hydrogens is 200 g/mol. The van der Waals surface area contributed by atoms with E-state index in [0.717, 1.165) is 17.0 Å². The summed E-state index contributed by atoms with van der Waals surface area (Å²) in [7, 11) is 0. The lowest BCUT2D eigenvalue weighted by Gasteiger charge is -2.12. The Hall–Kier alpha value is -2.03. The Labute approximate surface area is 94.9 Å². The van der Waals surface area contributed by atoms with Crippen molar-refractivity contribution in [2.75, 3.05) is 5.73 Å². The highest BCUT2D eigenvalue weighted by atomic mass is 16.5. The highest BCUT2D eigenvalue weighted by Crippen LogP contribution is 2.31. The van der Waals surface area contributed by atoms with Gasteiger partial charge >= 0.3 is 0 Å². The zero-order chi connectivity index (χ0) is 11.5. The van der Waals surface area contributed by atoms with Crippen LogP contribution >= 0.6 is 0 Å². The van der Waals surface area contributed by atoms with Crippen molar-refractivity contribution in [3.63, 3.8) is 0 Å². The summed E-state index contributed by atoms with van der Waals surface area (Å²) in [5, 5.41) is 0. The molecule has 0 aliphatic carbocycles. The molecule has 0 aliphatic rings. The van der Waals surface area contributed by atoms with Gasteiger partial charge in [-0.05, 0) is 37.6 Å². The van der Waals surface area contributed by atoms with Gasteiger partial charge in [-0.15, -0.1) is 0 Å². The minimum Gasteiger partial charge on any atom is -0.453 e. The van der Waals surface area contributed by atoms with Crippen molar-refractivity contribution in [3.8, 4) is 11.5 Å². The normalized spacial score (nSPS) is 10.1. The van der Waals surface area contributed by atoms with Gasteiger partial charge in [-0.25, -0.2) is 0 Å². The Kier molecular flexibility index (Phi) is 2.77. The molecule has 0 spiro atoms. The van der Waals surface area contributed by atoms with Crippen molar-refractivity contribution in [2.45, 2.75) is 13.8 Å². The Morgan fingerprint density at radius 1 is 1.12 bits per heavy atom. The van der Waals surface area contributed by atoms with Gasteiger partial charge in [0.1, 0.15) is 5.75 Å². The molecule has 1 aromatic heterocycles. The molecule has 0 atom stereocenters. The smallest absolute Gasteiger partial charge is 0.153 e. The second kappa shape index (κ2) is 4.23. The summed E-state index contributed by atoms with van der Waals surface area (Å²) >= 11 is 0. The van der Waals surface area contributed by atoms with E-state index in [1.165, 1.54) is 0 Å². The molecule has 1 aromatic carbocycles. The Morgan fingerprint density at radius 2 is 1.94 bits per heavy atom. The second-order valence-electron chi connectivity index (χ2n) is 3.68. The molecule has 0 radical (unpaired) electrons. The minimum absolute atomic E-state index is 0.642. The van der Waals surface area contributed by atoms with Crippen molar-refractivity contribution >= 4 is 5.69 Å². The van der Waals surface area contributed by atoms with Crippen LogP contribution in [0.5, 0.6) is 11.5 Å². The number of nitrogens with two attached hydrogens (primary N) is 1. The Morgan fingerprint density at radius 3 is 2.62 bits per heavy atom. The molecule has 0 saturated heterocycles. The number of nitrogen functional groups attached to an aromatic ring is 1. The third kappa shape index (κ3) is 1.98. The molecule has 1 heterocycles. The van der Waals surface area contributed by atoms with Gasteiger partial charge in [-0.3, -0.25) is 4.98 Å². The van der Waals surface area contributed by atoms with E-state index in [1.54, 1.807) is 6.20 Å². The van der Waals surface area contributed by atoms with Gasteiger partial charge in [0.25, 0.3) is 0 Å². The van der Waals surface area contributed by atoms with Gasteiger partial charge in [-0.2, -0.15) is 0 Å². The maximum absolute atomic E-state index is 5.87. The van der Waals surface area contributed by atoms with Gasteiger partial charge in [0.05, 0.1) is 11.4 Å². The maximum Gasteiger partial charge on any atom is 0.153 e. The molecule has 0 unspecified atom stereocenters. The van der Waals surface area contributed by atoms with Crippen LogP contribution in [0.3, 0.4) is 0 Å². The molecule has 16 heavy (non-hydrogen) atoms. The number of para-hydroxylation sites is 1. The van der Waals surface area contributed by atoms with E-state index in [2.05, 4.69) is 4.98 Å². The number of hydrogen-bond donors (Lipinski definition) is 1. The van der Waals surface area contributed by atoms with Crippen molar-refractivity contribution in [3.05, 3.63) is 47.8 Å². The van der Waals surface area contributed by atoms with E-state index in [9.17, 15) is 0 Å². The number of anilines is 1. The average molecular weight is 214 g/mol. The van der Waals surface area contributed by atoms with Gasteiger partial charge in [0.2, 0.25) is 0 Å². The Bertz CT molecular complexity index is 489. The number of aromatic nitrogens is 1. The van der Waals surface area contributed by atoms with Crippen molar-refractivity contribution in [2.24, 2.45) is 0 Å². The third-order valence-corrected chi connectivity index (χ3v) is 2.41. The highest BCUT2D eigenvalue weighted by Gasteiger charge is 2.07. The molecule has 2 aromatic rings. The number of aryl methyl sites for hydroxylation is 2. The summed E-state index contributed by atoms with van der Waals surface area (Å²) in [5.41, 5.74) is 8.38. The van der Waals surface area contributed by atoms with E-state index in [-0.39, 0.29) is 0 Å². The standard InChI is InChI=1S/C13H14N2O/c1-9-5-3-6-11(14)13(9)16-12-7-4-8-15-10(12)2/h3-8H,14H2,1-2H3. The molecule has 82 valence electrons. The van der Waals surface area contributed by atoms with E-state index >= 15 is 0 Å². The Balaban J connectivity index is 2.38. The first-order valence-corrected chi connectivity index (χ1v) is 5.13. The maximum atomic E-state index is 5.87. The van der Waals surface area contributed by atoms with Crippen molar-refractivity contribution in [1.82, 2.24) is 4.98 Å². The molecule has 0 bridgehead atoms. The number of rotatable bonds is 2. The van der Waals surface area contributed by atoms with E-state index < -0.39 is 0 Å². The van der Waals surface area contributed by atoms with Gasteiger partial charge < -0.3 is 10.5 Å². The number of nitrogens with zero attached hydrogens (tertiary/aromatic N) is 1. The molecule has 0 saturated carbocycles. The van der Waals surface area contributed by atoms with Crippen molar-refractivity contribution in [1.29, 1.82) is 0 Å². The van der Waals surface area contributed by atoms with Crippen LogP contribution in [0, 0.1) is 13.8 Å². The molecule has 3 nitrogen and oxygen atoms in total. The summed E-state index contributed by atoms with van der Waals surface area (Å²) in [6, 6.07) is 9.43. The first kappa shape index (κ1) is 10.5. The predicted octanol–water partition coefficient (Wildman–Crippen LogP) is 3.07. The summed E-state index contributed by atoms with van der Waals surface area (Å²) < 4.78 is 5.78. The van der Waals surface area contributed by atoms with Crippen LogP contribution in [0.25, 0.3) is 0 Å². The lowest BCUT2D eigenvalue weighted by molar-refractivity contribution is 0.474. The molecule has 2 rings (SSSR count). The van der Waals surface area contributed by atoms with Gasteiger partial charge in [-0.1, -0.05) is 12.1 Å². The number of ether oxygens (including phenoxy) is 1. The zero-order valence-corrected chi connectivity index (χ0v) is 9.40. The monoisotopic (exact) mass is 214 g/mol. The largest absolute Gasteiger partial charge is 0.453 e. The fraction of sp³-hybridized carbons (Fsp3) is 0.154. The topological polar surface area (TPSA) is 48.1 Å². The van der Waals surface area contributed by atoms with Crippen LogP contribution in [0.1, 0.15) is 11.3 Å². The molecule has 2 N–H and O–H groups in total. The molecule has 0 fully saturated rings. The van der Waals surface area contributed by atoms with E-state index in [4.69, 9.17) is 10.5 Å². The third-order valence-electron chi connectivity index (χ3n) is 2.41. The number of pyridine rings is 1. The summed E-state index contributed by atoms with van der Waals surface area (Å²) in [4.78, 5) is 4.17. The van der Waals surface area contributed by atoms with Crippen LogP contribution in [-0.4, -0.2) is 4.98 Å². The highest BCUT2D eigenvalue weighted by molar-refractivity contribution is 5.57. The lowest BCUT2D eigenvalue weighted by Crippen LogP contribution is -1.96. The van der Waals surface area contributed by atoms with Crippen LogP contribution in [0.2, 0.25) is 0 Å². The molecule has 0 aliphatic heterocycles. The molecule has 3 heteroatoms. The van der Waals surface area contributed by atoms with Crippen LogP contribution < -0.4 is 10.5 Å². The van der Waals surface area contributed by atoms with Gasteiger partial charge in [0, 0.05) is 6.20 Å². The first-order chi connectivity index (χ1) is 7.68. The fourth-order valence-electron chi connectivity index (χ4n) is 1.50. The minimum atomic E-state index is 0.642. The lowest BCUT2D eigenvalue weighted by atomic mass is 10.2. The van der Waals surface area contributed by atoms with E-state index in [1.807, 2.05) is 44.2 Å². The first-order valence-electron chi connectivity index (χ1n) is 5.13. The van der Waals surface area contributed by atoms with E-state index in [0.29, 0.717) is 11.4 Å². The average Bonchev–Trinajstić information content (AvgIpc) is 2.26. The summed E-state index contributed by atoms with van der Waals surface area (Å²) in [6.45, 7) is 3.88. The van der Waals surface area contributed by atoms with Crippen LogP contribution in [-0.2, 0) is 0 Å². The zero-order valence-electron chi connectivity index (χ0n) is 9.40. The summed E-state index contributed by atoms with van der Waals surface area (Å²) in [6.07, 6.45) is 1.74. The van der Waals surface area contributed by atoms with Crippen molar-refractivity contribution < 1.29 is 4.74 Å². The predicted molar refractivity (Wildman–Crippen MR) is 64.6 cm³/mol. The summed E-state index contributed by atoms with van der Waals surface area (Å²) in [5.74, 6) is 1.45.